The molecule has 0 aliphatic heterocycles. The first kappa shape index (κ1) is 14.0. The van der Waals surface area contributed by atoms with Crippen LogP contribution in [0.15, 0.2) is 43.1 Å². The van der Waals surface area contributed by atoms with Gasteiger partial charge < -0.3 is 5.73 Å². The van der Waals surface area contributed by atoms with Crippen molar-refractivity contribution in [3.05, 3.63) is 48.8 Å². The summed E-state index contributed by atoms with van der Waals surface area (Å²) in [6, 6.07) is 5.82. The SMILES string of the molecule is C=C/C(=C\CC)c1nc2ccccn2c1N.CC. The Labute approximate surface area is 109 Å². The number of anilines is 1. The van der Waals surface area contributed by atoms with E-state index in [1.54, 1.807) is 6.08 Å². The number of aromatic nitrogens is 2. The van der Waals surface area contributed by atoms with Gasteiger partial charge in [-0.2, -0.15) is 0 Å². The fraction of sp³-hybridized carbons (Fsp3) is 0.267. The van der Waals surface area contributed by atoms with Crippen molar-refractivity contribution in [2.75, 3.05) is 5.73 Å². The highest BCUT2D eigenvalue weighted by atomic mass is 15.1. The first-order chi connectivity index (χ1) is 8.77. The minimum absolute atomic E-state index is 0.662. The molecule has 2 rings (SSSR count). The predicted molar refractivity (Wildman–Crippen MR) is 79.4 cm³/mol. The van der Waals surface area contributed by atoms with Gasteiger partial charge in [-0.25, -0.2) is 4.98 Å². The van der Waals surface area contributed by atoms with Crippen molar-refractivity contribution in [1.82, 2.24) is 9.38 Å². The van der Waals surface area contributed by atoms with Crippen molar-refractivity contribution < 1.29 is 0 Å². The van der Waals surface area contributed by atoms with Crippen LogP contribution in [-0.2, 0) is 0 Å². The number of pyridine rings is 1. The molecule has 2 aromatic rings. The molecule has 3 heteroatoms. The van der Waals surface area contributed by atoms with E-state index in [1.165, 1.54) is 0 Å². The van der Waals surface area contributed by atoms with Crippen LogP contribution in [0.4, 0.5) is 5.82 Å². The van der Waals surface area contributed by atoms with E-state index >= 15 is 0 Å². The first-order valence-corrected chi connectivity index (χ1v) is 6.33. The predicted octanol–water partition coefficient (Wildman–Crippen LogP) is 3.92. The first-order valence-electron chi connectivity index (χ1n) is 6.33. The average molecular weight is 243 g/mol. The summed E-state index contributed by atoms with van der Waals surface area (Å²) in [6.45, 7) is 9.87. The molecule has 0 spiro atoms. The number of hydrogen-bond acceptors (Lipinski definition) is 2. The van der Waals surface area contributed by atoms with E-state index in [0.717, 1.165) is 23.3 Å². The van der Waals surface area contributed by atoms with Crippen LogP contribution in [0.3, 0.4) is 0 Å². The minimum atomic E-state index is 0.662. The van der Waals surface area contributed by atoms with Crippen LogP contribution in [0, 0.1) is 0 Å². The van der Waals surface area contributed by atoms with Crippen LogP contribution in [-0.4, -0.2) is 9.38 Å². The Balaban J connectivity index is 0.000000771. The topological polar surface area (TPSA) is 43.3 Å². The molecule has 0 amide bonds. The second-order valence-electron chi connectivity index (χ2n) is 3.55. The van der Waals surface area contributed by atoms with Crippen LogP contribution >= 0.6 is 0 Å². The van der Waals surface area contributed by atoms with Gasteiger partial charge in [-0.3, -0.25) is 4.40 Å². The number of imidazole rings is 1. The van der Waals surface area contributed by atoms with E-state index in [4.69, 9.17) is 5.73 Å². The Kier molecular flexibility index (Phi) is 5.18. The van der Waals surface area contributed by atoms with Gasteiger partial charge in [0.2, 0.25) is 0 Å². The van der Waals surface area contributed by atoms with E-state index in [1.807, 2.05) is 42.6 Å². The quantitative estimate of drug-likeness (QED) is 0.830. The summed E-state index contributed by atoms with van der Waals surface area (Å²) in [6.07, 6.45) is 6.72. The molecule has 0 bridgehead atoms. The van der Waals surface area contributed by atoms with Gasteiger partial charge in [0.15, 0.2) is 0 Å². The van der Waals surface area contributed by atoms with Gasteiger partial charge in [0.05, 0.1) is 0 Å². The molecule has 0 aromatic carbocycles. The molecule has 96 valence electrons. The zero-order valence-corrected chi connectivity index (χ0v) is 11.4. The third-order valence-electron chi connectivity index (χ3n) is 2.48. The van der Waals surface area contributed by atoms with Gasteiger partial charge >= 0.3 is 0 Å². The smallest absolute Gasteiger partial charge is 0.139 e. The molecule has 2 N–H and O–H groups in total. The van der Waals surface area contributed by atoms with Crippen LogP contribution < -0.4 is 5.73 Å². The molecule has 0 atom stereocenters. The fourth-order valence-corrected chi connectivity index (χ4v) is 1.72. The lowest BCUT2D eigenvalue weighted by Crippen LogP contribution is -1.95. The molecule has 0 aliphatic carbocycles. The summed E-state index contributed by atoms with van der Waals surface area (Å²) in [5.41, 5.74) is 8.72. The summed E-state index contributed by atoms with van der Waals surface area (Å²) >= 11 is 0. The highest BCUT2D eigenvalue weighted by molar-refractivity contribution is 5.79. The zero-order valence-electron chi connectivity index (χ0n) is 11.4. The van der Waals surface area contributed by atoms with Crippen molar-refractivity contribution in [3.63, 3.8) is 0 Å². The highest BCUT2D eigenvalue weighted by Gasteiger charge is 2.10. The molecule has 0 fully saturated rings. The van der Waals surface area contributed by atoms with Crippen LogP contribution in [0.25, 0.3) is 11.2 Å². The maximum atomic E-state index is 6.06. The number of nitrogens with zero attached hydrogens (tertiary/aromatic N) is 2. The number of nitrogens with two attached hydrogens (primary N) is 1. The molecule has 2 aromatic heterocycles. The van der Waals surface area contributed by atoms with Crippen molar-refractivity contribution >= 4 is 17.0 Å². The van der Waals surface area contributed by atoms with Gasteiger partial charge in [0.1, 0.15) is 17.2 Å². The summed E-state index contributed by atoms with van der Waals surface area (Å²) < 4.78 is 1.88. The average Bonchev–Trinajstić information content (AvgIpc) is 2.76. The molecule has 3 nitrogen and oxygen atoms in total. The Morgan fingerprint density at radius 2 is 2.17 bits per heavy atom. The van der Waals surface area contributed by atoms with E-state index < -0.39 is 0 Å². The third-order valence-corrected chi connectivity index (χ3v) is 2.48. The molecule has 0 saturated heterocycles. The summed E-state index contributed by atoms with van der Waals surface area (Å²) in [4.78, 5) is 4.50. The number of allylic oxidation sites excluding steroid dienone is 3. The van der Waals surface area contributed by atoms with Gasteiger partial charge in [-0.1, -0.05) is 45.6 Å². The molecule has 0 saturated carbocycles. The maximum absolute atomic E-state index is 6.06. The molecule has 0 radical (unpaired) electrons. The maximum Gasteiger partial charge on any atom is 0.139 e. The fourth-order valence-electron chi connectivity index (χ4n) is 1.72. The third kappa shape index (κ3) is 2.62. The molecule has 0 unspecified atom stereocenters. The van der Waals surface area contributed by atoms with Crippen molar-refractivity contribution in [1.29, 1.82) is 0 Å². The van der Waals surface area contributed by atoms with Gasteiger partial charge in [-0.15, -0.1) is 0 Å². The van der Waals surface area contributed by atoms with Crippen LogP contribution in [0.5, 0.6) is 0 Å². The molecule has 2 heterocycles. The lowest BCUT2D eigenvalue weighted by atomic mass is 10.1. The van der Waals surface area contributed by atoms with E-state index in [0.29, 0.717) is 5.82 Å². The normalized spacial score (nSPS) is 10.9. The van der Waals surface area contributed by atoms with Crippen molar-refractivity contribution in [2.24, 2.45) is 0 Å². The molecular weight excluding hydrogens is 222 g/mol. The van der Waals surface area contributed by atoms with Crippen molar-refractivity contribution in [2.45, 2.75) is 27.2 Å². The summed E-state index contributed by atoms with van der Waals surface area (Å²) in [7, 11) is 0. The lowest BCUT2D eigenvalue weighted by molar-refractivity contribution is 1.20. The van der Waals surface area contributed by atoms with E-state index in [-0.39, 0.29) is 0 Å². The number of fused-ring (bicyclic) bond motifs is 1. The van der Waals surface area contributed by atoms with Gasteiger partial charge in [-0.05, 0) is 24.1 Å². The Morgan fingerprint density at radius 1 is 1.44 bits per heavy atom. The summed E-state index contributed by atoms with van der Waals surface area (Å²) in [5.74, 6) is 0.662. The standard InChI is InChI=1S/C13H15N3.C2H6/c1-3-7-10(4-2)12-13(14)16-9-6-5-8-11(16)15-12;1-2/h4-9H,2-3,14H2,1H3;1-2H3/b10-7+;. The molecule has 18 heavy (non-hydrogen) atoms. The van der Waals surface area contributed by atoms with E-state index in [2.05, 4.69) is 24.6 Å². The number of rotatable bonds is 3. The summed E-state index contributed by atoms with van der Waals surface area (Å²) in [5, 5.41) is 0. The Morgan fingerprint density at radius 3 is 2.72 bits per heavy atom. The minimum Gasteiger partial charge on any atom is -0.383 e. The second kappa shape index (κ2) is 6.64. The Hall–Kier alpha value is -2.03. The number of nitrogen functional groups attached to an aromatic ring is 1. The van der Waals surface area contributed by atoms with Crippen molar-refractivity contribution in [3.8, 4) is 0 Å². The monoisotopic (exact) mass is 243 g/mol. The van der Waals surface area contributed by atoms with Crippen LogP contribution in [0.2, 0.25) is 0 Å². The van der Waals surface area contributed by atoms with Gasteiger partial charge in [0, 0.05) is 6.20 Å². The molecule has 0 aliphatic rings. The Bertz CT molecular complexity index is 550. The lowest BCUT2D eigenvalue weighted by Gasteiger charge is -1.99. The molecular formula is C15H21N3. The van der Waals surface area contributed by atoms with Gasteiger partial charge in [0.25, 0.3) is 0 Å². The number of hydrogen-bond donors (Lipinski definition) is 1. The second-order valence-corrected chi connectivity index (χ2v) is 3.55. The largest absolute Gasteiger partial charge is 0.383 e. The highest BCUT2D eigenvalue weighted by Crippen LogP contribution is 2.23. The zero-order chi connectivity index (χ0) is 13.5. The van der Waals surface area contributed by atoms with E-state index in [9.17, 15) is 0 Å². The van der Waals surface area contributed by atoms with Crippen LogP contribution in [0.1, 0.15) is 32.9 Å².